The van der Waals surface area contributed by atoms with Crippen LogP contribution < -0.4 is 10.6 Å². The van der Waals surface area contributed by atoms with Gasteiger partial charge in [-0.1, -0.05) is 36.4 Å². The van der Waals surface area contributed by atoms with Crippen LogP contribution in [0.25, 0.3) is 0 Å². The Morgan fingerprint density at radius 2 is 1.86 bits per heavy atom. The van der Waals surface area contributed by atoms with Crippen LogP contribution in [0.5, 0.6) is 5.75 Å². The predicted molar refractivity (Wildman–Crippen MR) is 166 cm³/mol. The summed E-state index contributed by atoms with van der Waals surface area (Å²) >= 11 is 3.19. The van der Waals surface area contributed by atoms with E-state index in [0.717, 1.165) is 30.4 Å². The molecule has 2 aliphatic rings. The summed E-state index contributed by atoms with van der Waals surface area (Å²) in [5.41, 5.74) is 2.63. The van der Waals surface area contributed by atoms with E-state index < -0.39 is 34.7 Å². The lowest BCUT2D eigenvalue weighted by Crippen LogP contribution is -2.59. The van der Waals surface area contributed by atoms with Crippen LogP contribution >= 0.6 is 23.1 Å². The number of thioether (sulfide) groups is 1. The van der Waals surface area contributed by atoms with Crippen LogP contribution in [0, 0.1) is 6.92 Å². The third kappa shape index (κ3) is 6.21. The van der Waals surface area contributed by atoms with Crippen molar-refractivity contribution in [2.75, 3.05) is 5.88 Å². The van der Waals surface area contributed by atoms with Gasteiger partial charge in [-0.25, -0.2) is 0 Å². The lowest BCUT2D eigenvalue weighted by molar-refractivity contribution is -0.147. The highest BCUT2D eigenvalue weighted by Crippen LogP contribution is 2.41. The molecule has 8 nitrogen and oxygen atoms in total. The van der Waals surface area contributed by atoms with Crippen molar-refractivity contribution in [3.8, 4) is 5.75 Å². The zero-order chi connectivity index (χ0) is 30.0. The maximum absolute atomic E-state index is 14.0. The fraction of sp³-hybridized carbons (Fsp3) is 0.406. The number of nitrogens with one attached hydrogen (secondary N) is 2. The van der Waals surface area contributed by atoms with Gasteiger partial charge in [-0.05, 0) is 81.2 Å². The summed E-state index contributed by atoms with van der Waals surface area (Å²) < 4.78 is -0.581. The number of phenolic OH excluding ortho intramolecular Hbond substituents is 1. The van der Waals surface area contributed by atoms with Crippen LogP contribution in [0.2, 0.25) is 0 Å². The molecule has 3 aromatic rings. The van der Waals surface area contributed by atoms with Gasteiger partial charge in [0, 0.05) is 20.8 Å². The van der Waals surface area contributed by atoms with Crippen LogP contribution in [-0.2, 0) is 22.4 Å². The van der Waals surface area contributed by atoms with E-state index >= 15 is 0 Å². The molecule has 1 fully saturated rings. The molecule has 1 aliphatic heterocycles. The summed E-state index contributed by atoms with van der Waals surface area (Å²) in [6.45, 7) is 5.51. The molecule has 0 bridgehead atoms. The molecule has 4 atom stereocenters. The topological polar surface area (TPSA) is 119 Å². The van der Waals surface area contributed by atoms with E-state index in [0.29, 0.717) is 5.56 Å². The molecule has 42 heavy (non-hydrogen) atoms. The number of rotatable bonds is 8. The molecular formula is C32H37N3O5S2. The Morgan fingerprint density at radius 1 is 1.10 bits per heavy atom. The second-order valence-electron chi connectivity index (χ2n) is 11.5. The number of aliphatic hydroxyl groups is 1. The third-order valence-corrected chi connectivity index (χ3v) is 10.6. The van der Waals surface area contributed by atoms with Crippen molar-refractivity contribution in [2.45, 2.75) is 75.4 Å². The van der Waals surface area contributed by atoms with Gasteiger partial charge in [-0.2, -0.15) is 0 Å². The number of phenols is 1. The molecule has 0 saturated carbocycles. The number of carbonyl (C=O) groups excluding carboxylic acids is 3. The van der Waals surface area contributed by atoms with Gasteiger partial charge in [-0.3, -0.25) is 14.4 Å². The molecule has 3 amide bonds. The Bertz CT molecular complexity index is 1460. The van der Waals surface area contributed by atoms with Crippen LogP contribution in [0.1, 0.15) is 64.7 Å². The van der Waals surface area contributed by atoms with Gasteiger partial charge in [0.05, 0.1) is 18.0 Å². The quantitative estimate of drug-likeness (QED) is 0.303. The van der Waals surface area contributed by atoms with Gasteiger partial charge in [0.15, 0.2) is 6.10 Å². The lowest BCUT2D eigenvalue weighted by atomic mass is 9.92. The largest absolute Gasteiger partial charge is 0.508 e. The first kappa shape index (κ1) is 30.1. The number of nitrogens with zero attached hydrogens (tertiary/aromatic N) is 1. The fourth-order valence-corrected chi connectivity index (χ4v) is 7.99. The minimum Gasteiger partial charge on any atom is -0.508 e. The molecule has 1 saturated heterocycles. The Morgan fingerprint density at radius 3 is 2.62 bits per heavy atom. The number of amides is 3. The Balaban J connectivity index is 1.38. The highest BCUT2D eigenvalue weighted by atomic mass is 32.2. The molecule has 4 N–H and O–H groups in total. The summed E-state index contributed by atoms with van der Waals surface area (Å²) in [6.07, 6.45) is 1.43. The Labute approximate surface area is 254 Å². The molecule has 2 aromatic carbocycles. The van der Waals surface area contributed by atoms with Crippen LogP contribution in [0.15, 0.2) is 60.0 Å². The van der Waals surface area contributed by atoms with E-state index in [1.165, 1.54) is 27.6 Å². The molecule has 0 radical (unpaired) electrons. The molecule has 2 heterocycles. The summed E-state index contributed by atoms with van der Waals surface area (Å²) in [4.78, 5) is 43.8. The van der Waals surface area contributed by atoms with Crippen molar-refractivity contribution < 1.29 is 24.6 Å². The monoisotopic (exact) mass is 607 g/mol. The molecule has 0 spiro atoms. The number of thiophene rings is 1. The number of hydrogen-bond acceptors (Lipinski definition) is 7. The maximum Gasteiger partial charge on any atom is 0.254 e. The van der Waals surface area contributed by atoms with Crippen molar-refractivity contribution in [1.82, 2.24) is 15.5 Å². The summed E-state index contributed by atoms with van der Waals surface area (Å²) in [5, 5.41) is 29.7. The number of aryl methyl sites for hydroxylation is 1. The second kappa shape index (κ2) is 12.5. The van der Waals surface area contributed by atoms with E-state index in [1.807, 2.05) is 44.2 Å². The molecule has 4 unspecified atom stereocenters. The van der Waals surface area contributed by atoms with Crippen molar-refractivity contribution in [3.05, 3.63) is 87.1 Å². The first-order chi connectivity index (χ1) is 20.1. The first-order valence-electron chi connectivity index (χ1n) is 14.2. The van der Waals surface area contributed by atoms with Gasteiger partial charge < -0.3 is 25.7 Å². The molecular weight excluding hydrogens is 571 g/mol. The second-order valence-corrected chi connectivity index (χ2v) is 14.1. The van der Waals surface area contributed by atoms with Crippen molar-refractivity contribution in [1.29, 1.82) is 0 Å². The third-order valence-electron chi connectivity index (χ3n) is 8.24. The number of carbonyl (C=O) groups is 3. The minimum atomic E-state index is -1.60. The van der Waals surface area contributed by atoms with E-state index in [-0.39, 0.29) is 35.6 Å². The van der Waals surface area contributed by atoms with Gasteiger partial charge in [0.2, 0.25) is 5.91 Å². The Hall–Kier alpha value is -3.34. The zero-order valence-electron chi connectivity index (χ0n) is 24.0. The standard InChI is InChI=1S/C32H37N3O5S2/c1-19-21(11-7-13-25(19)36)29(38)34-24(17-20-9-5-4-6-10-20)27(37)31(40)35-18-42-32(2,3)28(35)30(39)33-23-12-8-14-26-22(23)15-16-41-26/h4-7,9-11,13,15-16,23-24,27-28,36-37H,8,12,14,17-18H2,1-3H3,(H,33,39)(H,34,38). The van der Waals surface area contributed by atoms with E-state index in [9.17, 15) is 24.6 Å². The molecule has 1 aromatic heterocycles. The zero-order valence-corrected chi connectivity index (χ0v) is 25.6. The SMILES string of the molecule is Cc1c(O)cccc1C(=O)NC(Cc1ccccc1)C(O)C(=O)N1CSC(C)(C)C1C(=O)NC1CCCc2sccc21. The first-order valence-corrected chi connectivity index (χ1v) is 16.1. The van der Waals surface area contributed by atoms with Crippen LogP contribution in [0.3, 0.4) is 0 Å². The average Bonchev–Trinajstić information content (AvgIpc) is 3.58. The molecule has 222 valence electrons. The smallest absolute Gasteiger partial charge is 0.254 e. The van der Waals surface area contributed by atoms with Crippen molar-refractivity contribution in [2.24, 2.45) is 0 Å². The number of hydrogen-bond donors (Lipinski definition) is 4. The van der Waals surface area contributed by atoms with Gasteiger partial charge in [-0.15, -0.1) is 23.1 Å². The fourth-order valence-electron chi connectivity index (χ4n) is 5.87. The molecule has 5 rings (SSSR count). The summed E-state index contributed by atoms with van der Waals surface area (Å²) in [5.74, 6) is -1.13. The van der Waals surface area contributed by atoms with Crippen LogP contribution in [0.4, 0.5) is 0 Å². The Kier molecular flexibility index (Phi) is 8.96. The van der Waals surface area contributed by atoms with E-state index in [1.54, 1.807) is 30.4 Å². The lowest BCUT2D eigenvalue weighted by Gasteiger charge is -2.35. The number of aliphatic hydroxyl groups excluding tert-OH is 1. The summed E-state index contributed by atoms with van der Waals surface area (Å²) in [6, 6.07) is 14.1. The summed E-state index contributed by atoms with van der Waals surface area (Å²) in [7, 11) is 0. The molecule has 1 aliphatic carbocycles. The highest BCUT2D eigenvalue weighted by Gasteiger charge is 2.50. The van der Waals surface area contributed by atoms with Crippen molar-refractivity contribution in [3.63, 3.8) is 0 Å². The number of aromatic hydroxyl groups is 1. The van der Waals surface area contributed by atoms with E-state index in [4.69, 9.17) is 0 Å². The number of benzene rings is 2. The van der Waals surface area contributed by atoms with Gasteiger partial charge in [0.1, 0.15) is 11.8 Å². The van der Waals surface area contributed by atoms with Gasteiger partial charge >= 0.3 is 0 Å². The highest BCUT2D eigenvalue weighted by molar-refractivity contribution is 8.00. The minimum absolute atomic E-state index is 0.0170. The molecule has 10 heteroatoms. The van der Waals surface area contributed by atoms with Crippen LogP contribution in [-0.4, -0.2) is 61.6 Å². The number of fused-ring (bicyclic) bond motifs is 1. The predicted octanol–water partition coefficient (Wildman–Crippen LogP) is 4.34. The van der Waals surface area contributed by atoms with Gasteiger partial charge in [0.25, 0.3) is 11.8 Å². The van der Waals surface area contributed by atoms with Crippen molar-refractivity contribution >= 4 is 40.8 Å². The normalized spacial score (nSPS) is 20.8. The average molecular weight is 608 g/mol. The van der Waals surface area contributed by atoms with E-state index in [2.05, 4.69) is 22.1 Å². The maximum atomic E-state index is 14.0.